The van der Waals surface area contributed by atoms with Crippen LogP contribution in [-0.4, -0.2) is 32.9 Å². The van der Waals surface area contributed by atoms with Crippen molar-refractivity contribution in [2.75, 3.05) is 37.2 Å². The summed E-state index contributed by atoms with van der Waals surface area (Å²) in [5.41, 5.74) is 2.22. The molecule has 2 aromatic rings. The van der Waals surface area contributed by atoms with Crippen LogP contribution in [0.3, 0.4) is 0 Å². The number of carbonyl (C=O) groups is 1. The highest BCUT2D eigenvalue weighted by atomic mass is 16.7. The molecule has 0 unspecified atom stereocenters. The highest BCUT2D eigenvalue weighted by Gasteiger charge is 2.18. The number of rotatable bonds is 2. The van der Waals surface area contributed by atoms with E-state index < -0.39 is 0 Å². The standard InChI is InChI=1S/C17H16N2O4/c1-19-6-7-21-14-5-3-12(9-13(14)19)18-17(20)11-2-4-15-16(8-11)23-10-22-15/h2-5,8-9H,6-7,10H2,1H3,(H,18,20). The Bertz CT molecular complexity index is 775. The average molecular weight is 312 g/mol. The third-order valence-corrected chi connectivity index (χ3v) is 3.95. The molecule has 0 saturated heterocycles. The fourth-order valence-electron chi connectivity index (χ4n) is 2.67. The number of fused-ring (bicyclic) bond motifs is 2. The van der Waals surface area contributed by atoms with Crippen molar-refractivity contribution in [3.63, 3.8) is 0 Å². The summed E-state index contributed by atoms with van der Waals surface area (Å²) >= 11 is 0. The number of amides is 1. The maximum absolute atomic E-state index is 12.4. The van der Waals surface area contributed by atoms with Gasteiger partial charge < -0.3 is 24.4 Å². The molecule has 2 aliphatic heterocycles. The lowest BCUT2D eigenvalue weighted by atomic mass is 10.1. The Hall–Kier alpha value is -2.89. The quantitative estimate of drug-likeness (QED) is 0.923. The zero-order valence-electron chi connectivity index (χ0n) is 12.7. The first kappa shape index (κ1) is 13.8. The molecule has 0 saturated carbocycles. The lowest BCUT2D eigenvalue weighted by Gasteiger charge is -2.28. The van der Waals surface area contributed by atoms with Gasteiger partial charge in [0.1, 0.15) is 12.4 Å². The molecule has 0 aromatic heterocycles. The van der Waals surface area contributed by atoms with E-state index >= 15 is 0 Å². The molecule has 23 heavy (non-hydrogen) atoms. The van der Waals surface area contributed by atoms with Gasteiger partial charge in [-0.25, -0.2) is 0 Å². The van der Waals surface area contributed by atoms with E-state index in [2.05, 4.69) is 10.2 Å². The molecule has 1 N–H and O–H groups in total. The van der Waals surface area contributed by atoms with E-state index in [1.807, 2.05) is 25.2 Å². The predicted octanol–water partition coefficient (Wildman–Crippen LogP) is 2.50. The zero-order valence-corrected chi connectivity index (χ0v) is 12.7. The highest BCUT2D eigenvalue weighted by molar-refractivity contribution is 6.05. The highest BCUT2D eigenvalue weighted by Crippen LogP contribution is 2.34. The van der Waals surface area contributed by atoms with Crippen molar-refractivity contribution in [2.45, 2.75) is 0 Å². The lowest BCUT2D eigenvalue weighted by Crippen LogP contribution is -2.28. The van der Waals surface area contributed by atoms with Crippen molar-refractivity contribution < 1.29 is 19.0 Å². The molecule has 0 radical (unpaired) electrons. The molecule has 6 nitrogen and oxygen atoms in total. The molecule has 118 valence electrons. The Morgan fingerprint density at radius 2 is 1.87 bits per heavy atom. The molecule has 0 aliphatic carbocycles. The number of likely N-dealkylation sites (N-methyl/N-ethyl adjacent to an activating group) is 1. The van der Waals surface area contributed by atoms with E-state index in [1.165, 1.54) is 0 Å². The largest absolute Gasteiger partial charge is 0.490 e. The Labute approximate surface area is 133 Å². The number of benzene rings is 2. The number of nitrogens with zero attached hydrogens (tertiary/aromatic N) is 1. The van der Waals surface area contributed by atoms with E-state index in [0.717, 1.165) is 23.7 Å². The van der Waals surface area contributed by atoms with Crippen molar-refractivity contribution in [3.8, 4) is 17.2 Å². The van der Waals surface area contributed by atoms with Gasteiger partial charge >= 0.3 is 0 Å². The van der Waals surface area contributed by atoms with Crippen LogP contribution in [0.25, 0.3) is 0 Å². The molecular formula is C17H16N2O4. The summed E-state index contributed by atoms with van der Waals surface area (Å²) < 4.78 is 16.2. The minimum absolute atomic E-state index is 0.192. The summed E-state index contributed by atoms with van der Waals surface area (Å²) in [4.78, 5) is 14.5. The summed E-state index contributed by atoms with van der Waals surface area (Å²) in [7, 11) is 2.00. The van der Waals surface area contributed by atoms with E-state index in [9.17, 15) is 4.79 Å². The molecule has 0 atom stereocenters. The first-order valence-corrected chi connectivity index (χ1v) is 7.40. The molecule has 4 rings (SSSR count). The van der Waals surface area contributed by atoms with Gasteiger partial charge in [-0.05, 0) is 36.4 Å². The Morgan fingerprint density at radius 3 is 2.78 bits per heavy atom. The number of carbonyl (C=O) groups excluding carboxylic acids is 1. The molecule has 0 spiro atoms. The van der Waals surface area contributed by atoms with Gasteiger partial charge in [-0.2, -0.15) is 0 Å². The summed E-state index contributed by atoms with van der Waals surface area (Å²) in [5, 5.41) is 2.90. The molecule has 0 bridgehead atoms. The van der Waals surface area contributed by atoms with Crippen molar-refractivity contribution in [2.24, 2.45) is 0 Å². The van der Waals surface area contributed by atoms with Crippen molar-refractivity contribution in [1.82, 2.24) is 0 Å². The van der Waals surface area contributed by atoms with E-state index in [1.54, 1.807) is 18.2 Å². The summed E-state index contributed by atoms with van der Waals surface area (Å²) in [6.45, 7) is 1.69. The third-order valence-electron chi connectivity index (χ3n) is 3.95. The van der Waals surface area contributed by atoms with Gasteiger partial charge in [-0.1, -0.05) is 0 Å². The Morgan fingerprint density at radius 1 is 1.04 bits per heavy atom. The van der Waals surface area contributed by atoms with Crippen LogP contribution in [0.15, 0.2) is 36.4 Å². The van der Waals surface area contributed by atoms with Gasteiger partial charge in [0.15, 0.2) is 11.5 Å². The van der Waals surface area contributed by atoms with Crippen molar-refractivity contribution in [3.05, 3.63) is 42.0 Å². The number of hydrogen-bond donors (Lipinski definition) is 1. The average Bonchev–Trinajstić information content (AvgIpc) is 3.03. The van der Waals surface area contributed by atoms with Gasteiger partial charge in [0, 0.05) is 18.3 Å². The predicted molar refractivity (Wildman–Crippen MR) is 85.7 cm³/mol. The second-order valence-electron chi connectivity index (χ2n) is 5.47. The van der Waals surface area contributed by atoms with Crippen LogP contribution in [0.5, 0.6) is 17.2 Å². The Kier molecular flexibility index (Phi) is 3.22. The van der Waals surface area contributed by atoms with Crippen LogP contribution in [0.2, 0.25) is 0 Å². The van der Waals surface area contributed by atoms with E-state index in [4.69, 9.17) is 14.2 Å². The summed E-state index contributed by atoms with van der Waals surface area (Å²) in [6.07, 6.45) is 0. The molecule has 0 fully saturated rings. The second kappa shape index (κ2) is 5.39. The first-order chi connectivity index (χ1) is 11.2. The Balaban J connectivity index is 1.56. The number of hydrogen-bond acceptors (Lipinski definition) is 5. The number of nitrogens with one attached hydrogen (secondary N) is 1. The molecule has 6 heteroatoms. The van der Waals surface area contributed by atoms with Crippen LogP contribution in [0.4, 0.5) is 11.4 Å². The van der Waals surface area contributed by atoms with Crippen LogP contribution < -0.4 is 24.4 Å². The first-order valence-electron chi connectivity index (χ1n) is 7.40. The maximum Gasteiger partial charge on any atom is 0.255 e. The van der Waals surface area contributed by atoms with Crippen LogP contribution in [0, 0.1) is 0 Å². The molecule has 2 heterocycles. The third kappa shape index (κ3) is 2.52. The van der Waals surface area contributed by atoms with Crippen molar-refractivity contribution >= 4 is 17.3 Å². The van der Waals surface area contributed by atoms with Gasteiger partial charge in [0.25, 0.3) is 5.91 Å². The van der Waals surface area contributed by atoms with E-state index in [0.29, 0.717) is 23.7 Å². The fraction of sp³-hybridized carbons (Fsp3) is 0.235. The van der Waals surface area contributed by atoms with E-state index in [-0.39, 0.29) is 12.7 Å². The summed E-state index contributed by atoms with van der Waals surface area (Å²) in [6, 6.07) is 10.8. The van der Waals surface area contributed by atoms with Gasteiger partial charge in [0.2, 0.25) is 6.79 Å². The normalized spacial score (nSPS) is 14.9. The molecule has 2 aromatic carbocycles. The SMILES string of the molecule is CN1CCOc2ccc(NC(=O)c3ccc4c(c3)OCO4)cc21. The molecule has 1 amide bonds. The fourth-order valence-corrected chi connectivity index (χ4v) is 2.67. The van der Waals surface area contributed by atoms with Crippen LogP contribution >= 0.6 is 0 Å². The second-order valence-corrected chi connectivity index (χ2v) is 5.47. The molecular weight excluding hydrogens is 296 g/mol. The summed E-state index contributed by atoms with van der Waals surface area (Å²) in [5.74, 6) is 1.90. The van der Waals surface area contributed by atoms with Crippen LogP contribution in [-0.2, 0) is 0 Å². The molecule has 2 aliphatic rings. The van der Waals surface area contributed by atoms with Crippen molar-refractivity contribution in [1.29, 1.82) is 0 Å². The topological polar surface area (TPSA) is 60.0 Å². The minimum Gasteiger partial charge on any atom is -0.490 e. The van der Waals surface area contributed by atoms with Gasteiger partial charge in [-0.15, -0.1) is 0 Å². The minimum atomic E-state index is -0.192. The number of ether oxygens (including phenoxy) is 3. The van der Waals surface area contributed by atoms with Crippen LogP contribution in [0.1, 0.15) is 10.4 Å². The zero-order chi connectivity index (χ0) is 15.8. The van der Waals surface area contributed by atoms with Gasteiger partial charge in [-0.3, -0.25) is 4.79 Å². The lowest BCUT2D eigenvalue weighted by molar-refractivity contribution is 0.102. The number of anilines is 2. The smallest absolute Gasteiger partial charge is 0.255 e. The monoisotopic (exact) mass is 312 g/mol. The maximum atomic E-state index is 12.4. The van der Waals surface area contributed by atoms with Gasteiger partial charge in [0.05, 0.1) is 12.2 Å².